The third-order valence-electron chi connectivity index (χ3n) is 6.85. The molecular weight excluding hydrogens is 382 g/mol. The lowest BCUT2D eigenvalue weighted by Gasteiger charge is -2.31. The lowest BCUT2D eigenvalue weighted by molar-refractivity contribution is -0.135. The number of carbonyl (C=O) groups excluding carboxylic acids is 1. The van der Waals surface area contributed by atoms with E-state index in [1.807, 2.05) is 17.1 Å². The minimum atomic E-state index is 0.00737. The highest BCUT2D eigenvalue weighted by Crippen LogP contribution is 2.44. The second-order valence-corrected chi connectivity index (χ2v) is 8.99. The highest BCUT2D eigenvalue weighted by molar-refractivity contribution is 6.08. The van der Waals surface area contributed by atoms with Crippen LogP contribution in [0.5, 0.6) is 0 Å². The van der Waals surface area contributed by atoms with E-state index in [0.29, 0.717) is 6.54 Å². The molecule has 2 atom stereocenters. The molecule has 2 heterocycles. The van der Waals surface area contributed by atoms with Gasteiger partial charge in [-0.1, -0.05) is 67.1 Å². The molecule has 2 aromatic rings. The van der Waals surface area contributed by atoms with Crippen LogP contribution in [0.15, 0.2) is 71.3 Å². The predicted molar refractivity (Wildman–Crippen MR) is 126 cm³/mol. The zero-order valence-electron chi connectivity index (χ0n) is 18.1. The summed E-state index contributed by atoms with van der Waals surface area (Å²) in [5, 5.41) is 6.84. The van der Waals surface area contributed by atoms with Gasteiger partial charge in [0.15, 0.2) is 0 Å². The van der Waals surface area contributed by atoms with E-state index < -0.39 is 0 Å². The molecule has 2 aromatic carbocycles. The number of fused-ring (bicyclic) bond motifs is 1. The number of amides is 1. The van der Waals surface area contributed by atoms with Gasteiger partial charge in [-0.15, -0.1) is 0 Å². The second-order valence-electron chi connectivity index (χ2n) is 8.99. The topological polar surface area (TPSA) is 35.9 Å². The van der Waals surface area contributed by atoms with Crippen LogP contribution in [0.25, 0.3) is 6.08 Å². The Bertz CT molecular complexity index is 960. The van der Waals surface area contributed by atoms with Crippen molar-refractivity contribution in [3.63, 3.8) is 0 Å². The summed E-state index contributed by atoms with van der Waals surface area (Å²) in [6.45, 7) is 2.52. The number of benzene rings is 2. The van der Waals surface area contributed by atoms with Crippen LogP contribution in [-0.4, -0.2) is 41.2 Å². The van der Waals surface area contributed by atoms with Gasteiger partial charge in [0.05, 0.1) is 18.3 Å². The maximum Gasteiger partial charge on any atom is 0.257 e. The van der Waals surface area contributed by atoms with Gasteiger partial charge in [0.25, 0.3) is 5.91 Å². The summed E-state index contributed by atoms with van der Waals surface area (Å²) in [5.74, 6) is 0.410. The van der Waals surface area contributed by atoms with Crippen molar-refractivity contribution in [2.75, 3.05) is 19.6 Å². The van der Waals surface area contributed by atoms with Gasteiger partial charge in [-0.3, -0.25) is 9.69 Å². The van der Waals surface area contributed by atoms with Crippen LogP contribution in [0.4, 0.5) is 0 Å². The van der Waals surface area contributed by atoms with Gasteiger partial charge < -0.3 is 0 Å². The molecule has 2 aliphatic heterocycles. The summed E-state index contributed by atoms with van der Waals surface area (Å²) in [5.41, 5.74) is 4.81. The smallest absolute Gasteiger partial charge is 0.257 e. The number of likely N-dealkylation sites (tertiary alicyclic amines) is 1. The number of piperidine rings is 1. The van der Waals surface area contributed by atoms with E-state index in [4.69, 9.17) is 5.10 Å². The van der Waals surface area contributed by atoms with Crippen molar-refractivity contribution < 1.29 is 4.79 Å². The number of nitrogens with zero attached hydrogens (tertiary/aromatic N) is 3. The monoisotopic (exact) mass is 413 g/mol. The van der Waals surface area contributed by atoms with Gasteiger partial charge in [0, 0.05) is 5.92 Å². The number of rotatable bonds is 4. The van der Waals surface area contributed by atoms with Gasteiger partial charge in [0.1, 0.15) is 0 Å². The van der Waals surface area contributed by atoms with Crippen molar-refractivity contribution in [3.8, 4) is 0 Å². The minimum Gasteiger partial charge on any atom is -0.294 e. The Balaban J connectivity index is 1.47. The molecule has 4 nitrogen and oxygen atoms in total. The van der Waals surface area contributed by atoms with Crippen molar-refractivity contribution in [2.45, 2.75) is 44.6 Å². The molecule has 1 amide bonds. The average Bonchev–Trinajstić information content (AvgIpc) is 3.22. The van der Waals surface area contributed by atoms with Crippen molar-refractivity contribution >= 4 is 17.7 Å². The number of hydrazone groups is 1. The molecule has 1 saturated carbocycles. The Kier molecular flexibility index (Phi) is 5.99. The Morgan fingerprint density at radius 3 is 2.39 bits per heavy atom. The fraction of sp³-hybridized carbons (Fsp3) is 0.407. The Hall–Kier alpha value is -2.72. The lowest BCUT2D eigenvalue weighted by Crippen LogP contribution is -2.41. The minimum absolute atomic E-state index is 0.00737. The van der Waals surface area contributed by atoms with E-state index in [2.05, 4.69) is 59.5 Å². The predicted octanol–water partition coefficient (Wildman–Crippen LogP) is 5.30. The first kappa shape index (κ1) is 20.2. The van der Waals surface area contributed by atoms with Crippen LogP contribution in [0, 0.1) is 5.92 Å². The molecule has 160 valence electrons. The summed E-state index contributed by atoms with van der Waals surface area (Å²) >= 11 is 0. The van der Waals surface area contributed by atoms with E-state index in [-0.39, 0.29) is 17.9 Å². The summed E-state index contributed by atoms with van der Waals surface area (Å²) in [7, 11) is 0. The summed E-state index contributed by atoms with van der Waals surface area (Å²) in [6, 6.07) is 21.0. The molecule has 0 aromatic heterocycles. The first-order chi connectivity index (χ1) is 15.3. The third kappa shape index (κ3) is 4.35. The van der Waals surface area contributed by atoms with Crippen LogP contribution >= 0.6 is 0 Å². The SMILES string of the molecule is O=C(CN1CCCCC1)N1N=C2/C(=C/c3ccccc3)CCC[C@H]2[C@H]1c1ccccc1. The van der Waals surface area contributed by atoms with Crippen LogP contribution in [-0.2, 0) is 4.79 Å². The number of hydrogen-bond acceptors (Lipinski definition) is 3. The zero-order valence-corrected chi connectivity index (χ0v) is 18.1. The van der Waals surface area contributed by atoms with Crippen LogP contribution in [0.3, 0.4) is 0 Å². The quantitative estimate of drug-likeness (QED) is 0.682. The largest absolute Gasteiger partial charge is 0.294 e. The van der Waals surface area contributed by atoms with E-state index in [9.17, 15) is 4.79 Å². The summed E-state index contributed by atoms with van der Waals surface area (Å²) < 4.78 is 0. The maximum atomic E-state index is 13.5. The van der Waals surface area contributed by atoms with E-state index in [1.165, 1.54) is 36.0 Å². The van der Waals surface area contributed by atoms with Gasteiger partial charge in [-0.2, -0.15) is 5.10 Å². The lowest BCUT2D eigenvalue weighted by atomic mass is 9.77. The molecule has 1 aliphatic carbocycles. The van der Waals surface area contributed by atoms with Crippen LogP contribution < -0.4 is 0 Å². The van der Waals surface area contributed by atoms with Crippen molar-refractivity contribution in [3.05, 3.63) is 77.4 Å². The van der Waals surface area contributed by atoms with Crippen LogP contribution in [0.2, 0.25) is 0 Å². The molecule has 2 fully saturated rings. The van der Waals surface area contributed by atoms with Crippen LogP contribution in [0.1, 0.15) is 55.7 Å². The van der Waals surface area contributed by atoms with Gasteiger partial charge in [0.2, 0.25) is 0 Å². The van der Waals surface area contributed by atoms with Crippen molar-refractivity contribution in [1.29, 1.82) is 0 Å². The fourth-order valence-corrected chi connectivity index (χ4v) is 5.32. The highest BCUT2D eigenvalue weighted by Gasteiger charge is 2.43. The molecular formula is C27H31N3O. The second kappa shape index (κ2) is 9.19. The molecule has 4 heteroatoms. The Labute approximate surface area is 185 Å². The van der Waals surface area contributed by atoms with E-state index in [1.54, 1.807) is 0 Å². The highest BCUT2D eigenvalue weighted by atomic mass is 16.2. The zero-order chi connectivity index (χ0) is 21.0. The molecule has 0 bridgehead atoms. The molecule has 31 heavy (non-hydrogen) atoms. The van der Waals surface area contributed by atoms with E-state index in [0.717, 1.165) is 38.1 Å². The van der Waals surface area contributed by atoms with Gasteiger partial charge in [-0.05, 0) is 68.0 Å². The van der Waals surface area contributed by atoms with Crippen molar-refractivity contribution in [1.82, 2.24) is 9.91 Å². The average molecular weight is 414 g/mol. The first-order valence-electron chi connectivity index (χ1n) is 11.7. The fourth-order valence-electron chi connectivity index (χ4n) is 5.32. The standard InChI is InChI=1S/C27H31N3O/c31-25(20-29-17-8-3-9-18-29)30-27(22-13-6-2-7-14-22)24-16-10-15-23(26(24)28-30)19-21-11-4-1-5-12-21/h1-2,4-7,11-14,19,24,27H,3,8-10,15-18,20H2/b23-19+/t24-,27-/m1/s1. The molecule has 3 aliphatic rings. The normalized spacial score (nSPS) is 25.4. The van der Waals surface area contributed by atoms with Gasteiger partial charge >= 0.3 is 0 Å². The molecule has 5 rings (SSSR count). The summed E-state index contributed by atoms with van der Waals surface area (Å²) in [4.78, 5) is 15.8. The Morgan fingerprint density at radius 1 is 0.935 bits per heavy atom. The number of allylic oxidation sites excluding steroid dienone is 1. The Morgan fingerprint density at radius 2 is 1.65 bits per heavy atom. The van der Waals surface area contributed by atoms with Gasteiger partial charge in [-0.25, -0.2) is 5.01 Å². The third-order valence-corrected chi connectivity index (χ3v) is 6.85. The molecule has 0 spiro atoms. The molecule has 0 N–H and O–H groups in total. The van der Waals surface area contributed by atoms with Crippen molar-refractivity contribution in [2.24, 2.45) is 11.0 Å². The first-order valence-corrected chi connectivity index (χ1v) is 11.7. The number of carbonyl (C=O) groups is 1. The number of hydrogen-bond donors (Lipinski definition) is 0. The summed E-state index contributed by atoms with van der Waals surface area (Å²) in [6.07, 6.45) is 9.18. The molecule has 0 unspecified atom stereocenters. The maximum absolute atomic E-state index is 13.5. The van der Waals surface area contributed by atoms with E-state index >= 15 is 0 Å². The molecule has 0 radical (unpaired) electrons. The molecule has 1 saturated heterocycles.